The van der Waals surface area contributed by atoms with Gasteiger partial charge in [-0.3, -0.25) is 4.79 Å². The third kappa shape index (κ3) is 6.13. The zero-order chi connectivity index (χ0) is 20.9. The van der Waals surface area contributed by atoms with Crippen molar-refractivity contribution >= 4 is 17.2 Å². The molecule has 0 bridgehead atoms. The van der Waals surface area contributed by atoms with Gasteiger partial charge in [-0.1, -0.05) is 58.0 Å². The number of carbonyl (C=O) groups excluding carboxylic acids is 1. The predicted octanol–water partition coefficient (Wildman–Crippen LogP) is 5.25. The van der Waals surface area contributed by atoms with Gasteiger partial charge in [0, 0.05) is 17.0 Å². The summed E-state index contributed by atoms with van der Waals surface area (Å²) < 4.78 is 0. The second kappa shape index (κ2) is 9.86. The van der Waals surface area contributed by atoms with Gasteiger partial charge in [0.15, 0.2) is 0 Å². The molecule has 1 N–H and O–H groups in total. The topological polar surface area (TPSA) is 45.2 Å². The minimum absolute atomic E-state index is 0.0344. The second-order valence-electron chi connectivity index (χ2n) is 9.35. The monoisotopic (exact) mass is 413 g/mol. The molecule has 29 heavy (non-hydrogen) atoms. The Hall–Kier alpha value is -1.72. The van der Waals surface area contributed by atoms with E-state index in [1.165, 1.54) is 12.0 Å². The van der Waals surface area contributed by atoms with Gasteiger partial charge in [-0.05, 0) is 56.3 Å². The first-order chi connectivity index (χ1) is 13.8. The highest BCUT2D eigenvalue weighted by molar-refractivity contribution is 7.09. The second-order valence-corrected chi connectivity index (χ2v) is 10.3. The molecule has 1 aliphatic rings. The molecule has 0 radical (unpaired) electrons. The maximum Gasteiger partial charge on any atom is 0.225 e. The molecule has 1 aliphatic heterocycles. The van der Waals surface area contributed by atoms with Crippen molar-refractivity contribution < 1.29 is 4.79 Å². The van der Waals surface area contributed by atoms with E-state index in [0.29, 0.717) is 11.8 Å². The Morgan fingerprint density at radius 1 is 1.24 bits per heavy atom. The van der Waals surface area contributed by atoms with Crippen LogP contribution in [-0.4, -0.2) is 35.4 Å². The Labute approximate surface area is 179 Å². The summed E-state index contributed by atoms with van der Waals surface area (Å²) in [4.78, 5) is 19.8. The van der Waals surface area contributed by atoms with Crippen LogP contribution in [0.15, 0.2) is 41.9 Å². The van der Waals surface area contributed by atoms with Crippen LogP contribution in [0.3, 0.4) is 0 Å². The van der Waals surface area contributed by atoms with Crippen molar-refractivity contribution in [3.63, 3.8) is 0 Å². The van der Waals surface area contributed by atoms with Crippen LogP contribution in [0.4, 0.5) is 0 Å². The minimum Gasteiger partial charge on any atom is -0.346 e. The SMILES string of the molecule is CC(CCN1CCC(C(NC(=O)C(C)(C)C)c2nccs2)CC1)c1ccccc1. The highest BCUT2D eigenvalue weighted by Gasteiger charge is 2.33. The van der Waals surface area contributed by atoms with E-state index in [1.807, 2.05) is 32.3 Å². The molecule has 2 aromatic rings. The fraction of sp³-hybridized carbons (Fsp3) is 0.583. The number of rotatable bonds is 7. The fourth-order valence-electron chi connectivity index (χ4n) is 3.96. The molecule has 3 rings (SSSR count). The van der Waals surface area contributed by atoms with Crippen LogP contribution < -0.4 is 5.32 Å². The fourth-order valence-corrected chi connectivity index (χ4v) is 4.74. The van der Waals surface area contributed by atoms with Crippen molar-refractivity contribution in [2.24, 2.45) is 11.3 Å². The number of benzene rings is 1. The van der Waals surface area contributed by atoms with Gasteiger partial charge in [0.25, 0.3) is 0 Å². The van der Waals surface area contributed by atoms with Gasteiger partial charge < -0.3 is 10.2 Å². The molecule has 4 nitrogen and oxygen atoms in total. The van der Waals surface area contributed by atoms with Gasteiger partial charge in [0.1, 0.15) is 5.01 Å². The summed E-state index contributed by atoms with van der Waals surface area (Å²) in [6, 6.07) is 10.8. The van der Waals surface area contributed by atoms with Crippen molar-refractivity contribution in [1.29, 1.82) is 0 Å². The number of hydrogen-bond donors (Lipinski definition) is 1. The molecule has 1 fully saturated rings. The standard InChI is InChI=1S/C24H35N3OS/c1-18(19-8-6-5-7-9-19)10-14-27-15-11-20(12-16-27)21(22-25-13-17-29-22)26-23(28)24(2,3)4/h5-9,13,17-18,20-21H,10-12,14-16H2,1-4H3,(H,26,28). The van der Waals surface area contributed by atoms with Crippen LogP contribution in [0.25, 0.3) is 0 Å². The lowest BCUT2D eigenvalue weighted by atomic mass is 9.87. The first-order valence-electron chi connectivity index (χ1n) is 10.8. The quantitative estimate of drug-likeness (QED) is 0.674. The largest absolute Gasteiger partial charge is 0.346 e. The first-order valence-corrected chi connectivity index (χ1v) is 11.7. The smallest absolute Gasteiger partial charge is 0.225 e. The summed E-state index contributed by atoms with van der Waals surface area (Å²) in [5, 5.41) is 6.35. The van der Waals surface area contributed by atoms with Gasteiger partial charge in [-0.25, -0.2) is 4.98 Å². The lowest BCUT2D eigenvalue weighted by Gasteiger charge is -2.37. The molecule has 5 heteroatoms. The molecule has 2 unspecified atom stereocenters. The van der Waals surface area contributed by atoms with Gasteiger partial charge in [0.05, 0.1) is 6.04 Å². The Balaban J connectivity index is 1.54. The van der Waals surface area contributed by atoms with E-state index in [2.05, 4.69) is 52.5 Å². The van der Waals surface area contributed by atoms with Crippen LogP contribution in [0.1, 0.15) is 69.5 Å². The highest BCUT2D eigenvalue weighted by atomic mass is 32.1. The van der Waals surface area contributed by atoms with Crippen LogP contribution in [0.5, 0.6) is 0 Å². The molecule has 1 amide bonds. The maximum absolute atomic E-state index is 12.6. The number of aromatic nitrogens is 1. The van der Waals surface area contributed by atoms with E-state index in [9.17, 15) is 4.79 Å². The van der Waals surface area contributed by atoms with Crippen molar-refractivity contribution in [2.75, 3.05) is 19.6 Å². The van der Waals surface area contributed by atoms with Gasteiger partial charge in [-0.2, -0.15) is 0 Å². The van der Waals surface area contributed by atoms with E-state index in [4.69, 9.17) is 0 Å². The van der Waals surface area contributed by atoms with E-state index >= 15 is 0 Å². The average molecular weight is 414 g/mol. The molecule has 2 atom stereocenters. The molecule has 0 spiro atoms. The number of carbonyl (C=O) groups is 1. The molecule has 1 aromatic carbocycles. The van der Waals surface area contributed by atoms with Crippen LogP contribution in [-0.2, 0) is 4.79 Å². The van der Waals surface area contributed by atoms with Crippen molar-refractivity contribution in [1.82, 2.24) is 15.2 Å². The van der Waals surface area contributed by atoms with Gasteiger partial charge in [-0.15, -0.1) is 11.3 Å². The van der Waals surface area contributed by atoms with Crippen molar-refractivity contribution in [2.45, 2.75) is 58.9 Å². The molecule has 2 heterocycles. The number of nitrogens with one attached hydrogen (secondary N) is 1. The zero-order valence-electron chi connectivity index (χ0n) is 18.2. The molecule has 1 saturated heterocycles. The van der Waals surface area contributed by atoms with Gasteiger partial charge >= 0.3 is 0 Å². The number of piperidine rings is 1. The number of hydrogen-bond acceptors (Lipinski definition) is 4. The molecule has 158 valence electrons. The average Bonchev–Trinajstić information content (AvgIpc) is 3.25. The number of amides is 1. The summed E-state index contributed by atoms with van der Waals surface area (Å²) in [5.74, 6) is 1.15. The maximum atomic E-state index is 12.6. The van der Waals surface area contributed by atoms with E-state index in [-0.39, 0.29) is 17.4 Å². The Bertz CT molecular complexity index is 746. The Morgan fingerprint density at radius 3 is 2.52 bits per heavy atom. The molecular weight excluding hydrogens is 378 g/mol. The lowest BCUT2D eigenvalue weighted by molar-refractivity contribution is -0.129. The third-order valence-electron chi connectivity index (χ3n) is 6.04. The third-order valence-corrected chi connectivity index (χ3v) is 6.89. The summed E-state index contributed by atoms with van der Waals surface area (Å²) in [6.07, 6.45) is 5.24. The number of likely N-dealkylation sites (tertiary alicyclic amines) is 1. The normalized spacial score (nSPS) is 18.3. The first kappa shape index (κ1) is 22.0. The summed E-state index contributed by atoms with van der Waals surface area (Å²) in [7, 11) is 0. The Morgan fingerprint density at radius 2 is 1.93 bits per heavy atom. The molecule has 0 aliphatic carbocycles. The van der Waals surface area contributed by atoms with Crippen molar-refractivity contribution in [3.05, 3.63) is 52.5 Å². The number of nitrogens with zero attached hydrogens (tertiary/aromatic N) is 2. The summed E-state index contributed by atoms with van der Waals surface area (Å²) in [6.45, 7) is 11.6. The Kier molecular flexibility index (Phi) is 7.47. The van der Waals surface area contributed by atoms with Crippen LogP contribution in [0, 0.1) is 11.3 Å². The zero-order valence-corrected chi connectivity index (χ0v) is 19.0. The van der Waals surface area contributed by atoms with E-state index < -0.39 is 0 Å². The molecule has 1 aromatic heterocycles. The highest BCUT2D eigenvalue weighted by Crippen LogP contribution is 2.33. The molecule has 0 saturated carbocycles. The summed E-state index contributed by atoms with van der Waals surface area (Å²) >= 11 is 1.65. The van der Waals surface area contributed by atoms with E-state index in [1.54, 1.807) is 11.3 Å². The van der Waals surface area contributed by atoms with Gasteiger partial charge in [0.2, 0.25) is 5.91 Å². The molecular formula is C24H35N3OS. The number of thiazole rings is 1. The summed E-state index contributed by atoms with van der Waals surface area (Å²) in [5.41, 5.74) is 1.04. The van der Waals surface area contributed by atoms with Crippen LogP contribution in [0.2, 0.25) is 0 Å². The van der Waals surface area contributed by atoms with E-state index in [0.717, 1.165) is 37.5 Å². The lowest BCUT2D eigenvalue weighted by Crippen LogP contribution is -2.44. The van der Waals surface area contributed by atoms with Crippen LogP contribution >= 0.6 is 11.3 Å². The van der Waals surface area contributed by atoms with Crippen molar-refractivity contribution in [3.8, 4) is 0 Å². The predicted molar refractivity (Wildman–Crippen MR) is 121 cm³/mol. The minimum atomic E-state index is -0.385.